The Kier molecular flexibility index (Phi) is 4.74. The molecule has 0 saturated heterocycles. The average molecular weight is 273 g/mol. The first-order chi connectivity index (χ1) is 9.60. The molecule has 2 rings (SSSR count). The fraction of sp³-hybridized carbons (Fsp3) is 0.467. The number of anilines is 1. The highest BCUT2D eigenvalue weighted by Gasteiger charge is 2.07. The van der Waals surface area contributed by atoms with Crippen molar-refractivity contribution in [1.82, 2.24) is 20.1 Å². The van der Waals surface area contributed by atoms with Gasteiger partial charge in [0, 0.05) is 38.4 Å². The van der Waals surface area contributed by atoms with E-state index in [4.69, 9.17) is 0 Å². The van der Waals surface area contributed by atoms with Gasteiger partial charge in [-0.3, -0.25) is 9.67 Å². The van der Waals surface area contributed by atoms with E-state index in [0.29, 0.717) is 0 Å². The molecule has 0 fully saturated rings. The lowest BCUT2D eigenvalue weighted by molar-refractivity contribution is 0.583. The van der Waals surface area contributed by atoms with Crippen LogP contribution in [0.4, 0.5) is 5.69 Å². The number of hydrogen-bond acceptors (Lipinski definition) is 4. The predicted octanol–water partition coefficient (Wildman–Crippen LogP) is 2.12. The van der Waals surface area contributed by atoms with E-state index in [2.05, 4.69) is 53.3 Å². The molecule has 0 bridgehead atoms. The summed E-state index contributed by atoms with van der Waals surface area (Å²) in [5, 5.41) is 7.55. The van der Waals surface area contributed by atoms with E-state index in [1.807, 2.05) is 30.3 Å². The minimum Gasteiger partial charge on any atom is -0.369 e. The average Bonchev–Trinajstić information content (AvgIpc) is 2.84. The first kappa shape index (κ1) is 14.5. The minimum atomic E-state index is 0.290. The molecule has 0 saturated carbocycles. The van der Waals surface area contributed by atoms with Crippen molar-refractivity contribution in [3.05, 3.63) is 42.0 Å². The number of pyridine rings is 1. The zero-order valence-electron chi connectivity index (χ0n) is 12.7. The molecule has 0 aliphatic heterocycles. The van der Waals surface area contributed by atoms with Gasteiger partial charge in [0.25, 0.3) is 0 Å². The molecule has 5 nitrogen and oxygen atoms in total. The molecular formula is C15H23N5. The van der Waals surface area contributed by atoms with Gasteiger partial charge in [0.1, 0.15) is 0 Å². The lowest BCUT2D eigenvalue weighted by atomic mass is 10.2. The molecule has 2 aromatic heterocycles. The molecule has 2 aromatic rings. The second-order valence-corrected chi connectivity index (χ2v) is 5.10. The van der Waals surface area contributed by atoms with Crippen LogP contribution < -0.4 is 10.2 Å². The summed E-state index contributed by atoms with van der Waals surface area (Å²) >= 11 is 0. The molecule has 1 unspecified atom stereocenters. The van der Waals surface area contributed by atoms with Gasteiger partial charge in [0.15, 0.2) is 0 Å². The smallest absolute Gasteiger partial charge is 0.0572 e. The lowest BCUT2D eigenvalue weighted by Crippen LogP contribution is -2.20. The Morgan fingerprint density at radius 3 is 2.70 bits per heavy atom. The van der Waals surface area contributed by atoms with Crippen LogP contribution in [0.2, 0.25) is 0 Å². The first-order valence-electron chi connectivity index (χ1n) is 6.98. The van der Waals surface area contributed by atoms with Gasteiger partial charge in [0.05, 0.1) is 23.8 Å². The molecule has 0 aliphatic carbocycles. The van der Waals surface area contributed by atoms with Crippen LogP contribution in [0.25, 0.3) is 0 Å². The maximum Gasteiger partial charge on any atom is 0.0572 e. The zero-order chi connectivity index (χ0) is 14.5. The highest BCUT2D eigenvalue weighted by molar-refractivity contribution is 5.44. The van der Waals surface area contributed by atoms with Crippen molar-refractivity contribution >= 4 is 5.69 Å². The second-order valence-electron chi connectivity index (χ2n) is 5.10. The molecule has 5 heteroatoms. The van der Waals surface area contributed by atoms with Crippen LogP contribution >= 0.6 is 0 Å². The van der Waals surface area contributed by atoms with Gasteiger partial charge in [-0.15, -0.1) is 0 Å². The van der Waals surface area contributed by atoms with E-state index in [0.717, 1.165) is 24.5 Å². The van der Waals surface area contributed by atoms with E-state index in [1.165, 1.54) is 5.56 Å². The number of aromatic nitrogens is 3. The van der Waals surface area contributed by atoms with Gasteiger partial charge in [-0.2, -0.15) is 5.10 Å². The summed E-state index contributed by atoms with van der Waals surface area (Å²) < 4.78 is 1.82. The molecule has 108 valence electrons. The third-order valence-electron chi connectivity index (χ3n) is 3.34. The van der Waals surface area contributed by atoms with E-state index < -0.39 is 0 Å². The molecule has 0 spiro atoms. The molecule has 1 atom stereocenters. The Balaban J connectivity index is 2.01. The van der Waals surface area contributed by atoms with Crippen LogP contribution in [0.1, 0.15) is 31.1 Å². The Morgan fingerprint density at radius 1 is 1.35 bits per heavy atom. The number of nitrogens with zero attached hydrogens (tertiary/aromatic N) is 4. The van der Waals surface area contributed by atoms with Crippen LogP contribution in [0.3, 0.4) is 0 Å². The predicted molar refractivity (Wildman–Crippen MR) is 81.6 cm³/mol. The summed E-state index contributed by atoms with van der Waals surface area (Å²) in [5.41, 5.74) is 3.38. The van der Waals surface area contributed by atoms with Crippen LogP contribution in [-0.4, -0.2) is 28.4 Å². The number of hydrogen-bond donors (Lipinski definition) is 1. The van der Waals surface area contributed by atoms with E-state index in [9.17, 15) is 0 Å². The van der Waals surface area contributed by atoms with Gasteiger partial charge in [-0.05, 0) is 25.6 Å². The molecule has 0 radical (unpaired) electrons. The van der Waals surface area contributed by atoms with Gasteiger partial charge in [-0.1, -0.05) is 6.92 Å². The fourth-order valence-corrected chi connectivity index (χ4v) is 2.21. The molecule has 0 amide bonds. The molecule has 0 aromatic carbocycles. The maximum atomic E-state index is 4.54. The Labute approximate surface area is 120 Å². The van der Waals surface area contributed by atoms with E-state index >= 15 is 0 Å². The standard InChI is InChI=1S/C15H23N5/c1-5-16-12(2)15-7-6-14(9-17-15)19(3)10-13-8-18-20(4)11-13/h6-9,11-12,16H,5,10H2,1-4H3. The topological polar surface area (TPSA) is 46.0 Å². The van der Waals surface area contributed by atoms with Crippen LogP contribution in [0.5, 0.6) is 0 Å². The normalized spacial score (nSPS) is 12.4. The zero-order valence-corrected chi connectivity index (χ0v) is 12.7. The SMILES string of the molecule is CCNC(C)c1ccc(N(C)Cc2cnn(C)c2)cn1. The summed E-state index contributed by atoms with van der Waals surface area (Å²) in [6.45, 7) is 6.01. The Hall–Kier alpha value is -1.88. The lowest BCUT2D eigenvalue weighted by Gasteiger charge is -2.19. The van der Waals surface area contributed by atoms with Crippen LogP contribution in [-0.2, 0) is 13.6 Å². The fourth-order valence-electron chi connectivity index (χ4n) is 2.21. The van der Waals surface area contributed by atoms with Crippen molar-refractivity contribution < 1.29 is 0 Å². The van der Waals surface area contributed by atoms with Crippen molar-refractivity contribution in [2.75, 3.05) is 18.5 Å². The van der Waals surface area contributed by atoms with Gasteiger partial charge >= 0.3 is 0 Å². The van der Waals surface area contributed by atoms with Gasteiger partial charge < -0.3 is 10.2 Å². The molecule has 20 heavy (non-hydrogen) atoms. The second kappa shape index (κ2) is 6.52. The Morgan fingerprint density at radius 2 is 2.15 bits per heavy atom. The summed E-state index contributed by atoms with van der Waals surface area (Å²) in [6.07, 6.45) is 5.86. The van der Waals surface area contributed by atoms with Crippen molar-refractivity contribution in [2.45, 2.75) is 26.4 Å². The maximum absolute atomic E-state index is 4.54. The van der Waals surface area contributed by atoms with Gasteiger partial charge in [-0.25, -0.2) is 0 Å². The van der Waals surface area contributed by atoms with E-state index in [1.54, 1.807) is 0 Å². The first-order valence-corrected chi connectivity index (χ1v) is 6.98. The summed E-state index contributed by atoms with van der Waals surface area (Å²) in [5.74, 6) is 0. The summed E-state index contributed by atoms with van der Waals surface area (Å²) in [7, 11) is 4.00. The molecule has 2 heterocycles. The monoisotopic (exact) mass is 273 g/mol. The molecule has 0 aliphatic rings. The molecular weight excluding hydrogens is 250 g/mol. The largest absolute Gasteiger partial charge is 0.369 e. The van der Waals surface area contributed by atoms with E-state index in [-0.39, 0.29) is 6.04 Å². The van der Waals surface area contributed by atoms with Gasteiger partial charge in [0.2, 0.25) is 0 Å². The van der Waals surface area contributed by atoms with Crippen LogP contribution in [0, 0.1) is 0 Å². The third-order valence-corrected chi connectivity index (χ3v) is 3.34. The number of aryl methyl sites for hydroxylation is 1. The highest BCUT2D eigenvalue weighted by atomic mass is 15.2. The third kappa shape index (κ3) is 3.57. The van der Waals surface area contributed by atoms with Crippen molar-refractivity contribution in [2.24, 2.45) is 7.05 Å². The molecule has 1 N–H and O–H groups in total. The highest BCUT2D eigenvalue weighted by Crippen LogP contribution is 2.17. The van der Waals surface area contributed by atoms with Crippen molar-refractivity contribution in [3.63, 3.8) is 0 Å². The number of nitrogens with one attached hydrogen (secondary N) is 1. The Bertz CT molecular complexity index is 531. The minimum absolute atomic E-state index is 0.290. The summed E-state index contributed by atoms with van der Waals surface area (Å²) in [6, 6.07) is 4.49. The quantitative estimate of drug-likeness (QED) is 0.875. The van der Waals surface area contributed by atoms with Crippen LogP contribution in [0.15, 0.2) is 30.7 Å². The summed E-state index contributed by atoms with van der Waals surface area (Å²) in [4.78, 5) is 6.71. The van der Waals surface area contributed by atoms with Crippen molar-refractivity contribution in [3.8, 4) is 0 Å². The van der Waals surface area contributed by atoms with Crippen molar-refractivity contribution in [1.29, 1.82) is 0 Å². The number of rotatable bonds is 6.